The van der Waals surface area contributed by atoms with Crippen molar-refractivity contribution in [3.8, 4) is 0 Å². The van der Waals surface area contributed by atoms with Crippen LogP contribution in [-0.4, -0.2) is 23.5 Å². The molecule has 14 heavy (non-hydrogen) atoms. The number of carbonyl (C=O) groups excluding carboxylic acids is 1. The minimum atomic E-state index is 0.0235. The number of rotatable bonds is 1. The molecule has 74 valence electrons. The van der Waals surface area contributed by atoms with Gasteiger partial charge >= 0.3 is 0 Å². The van der Waals surface area contributed by atoms with Gasteiger partial charge in [0.15, 0.2) is 0 Å². The first-order valence-electron chi connectivity index (χ1n) is 4.73. The largest absolute Gasteiger partial charge is 0.327 e. The molecule has 4 heteroatoms. The molecule has 2 N–H and O–H groups in total. The zero-order valence-electron chi connectivity index (χ0n) is 7.89. The van der Waals surface area contributed by atoms with Crippen LogP contribution in [0.3, 0.4) is 0 Å². The highest BCUT2D eigenvalue weighted by atomic mass is 16.2. The highest BCUT2D eigenvalue weighted by Gasteiger charge is 2.24. The molecule has 0 aromatic carbocycles. The van der Waals surface area contributed by atoms with Crippen molar-refractivity contribution in [2.24, 2.45) is 5.73 Å². The second-order valence-corrected chi connectivity index (χ2v) is 3.51. The van der Waals surface area contributed by atoms with E-state index in [1.807, 2.05) is 12.1 Å². The average molecular weight is 191 g/mol. The summed E-state index contributed by atoms with van der Waals surface area (Å²) in [6.07, 6.45) is 4.70. The summed E-state index contributed by atoms with van der Waals surface area (Å²) in [5.41, 5.74) is 6.57. The van der Waals surface area contributed by atoms with E-state index in [2.05, 4.69) is 4.98 Å². The monoisotopic (exact) mass is 191 g/mol. The molecular weight excluding hydrogens is 178 g/mol. The maximum atomic E-state index is 11.6. The fourth-order valence-electron chi connectivity index (χ4n) is 1.64. The van der Waals surface area contributed by atoms with Crippen LogP contribution in [0.25, 0.3) is 0 Å². The van der Waals surface area contributed by atoms with Crippen molar-refractivity contribution in [1.29, 1.82) is 0 Å². The third-order valence-electron chi connectivity index (χ3n) is 2.42. The van der Waals surface area contributed by atoms with Gasteiger partial charge in [-0.15, -0.1) is 0 Å². The predicted octanol–water partition coefficient (Wildman–Crippen LogP) is 0.536. The lowest BCUT2D eigenvalue weighted by atomic mass is 10.1. The van der Waals surface area contributed by atoms with Crippen LogP contribution in [0, 0.1) is 0 Å². The Morgan fingerprint density at radius 1 is 1.57 bits per heavy atom. The van der Waals surface area contributed by atoms with E-state index in [0.29, 0.717) is 13.0 Å². The predicted molar refractivity (Wildman–Crippen MR) is 53.8 cm³/mol. The van der Waals surface area contributed by atoms with E-state index in [-0.39, 0.29) is 11.9 Å². The van der Waals surface area contributed by atoms with E-state index in [9.17, 15) is 4.79 Å². The van der Waals surface area contributed by atoms with Crippen LogP contribution in [0.4, 0.5) is 5.69 Å². The molecule has 1 unspecified atom stereocenters. The van der Waals surface area contributed by atoms with Gasteiger partial charge < -0.3 is 10.6 Å². The molecular formula is C10H13N3O. The van der Waals surface area contributed by atoms with Gasteiger partial charge in [0.05, 0.1) is 11.9 Å². The molecule has 0 bridgehead atoms. The Hall–Kier alpha value is -1.42. The summed E-state index contributed by atoms with van der Waals surface area (Å²) >= 11 is 0. The molecule has 0 radical (unpaired) electrons. The molecule has 0 saturated carbocycles. The number of hydrogen-bond acceptors (Lipinski definition) is 3. The van der Waals surface area contributed by atoms with E-state index in [1.165, 1.54) is 0 Å². The van der Waals surface area contributed by atoms with Crippen molar-refractivity contribution in [3.05, 3.63) is 24.5 Å². The number of nitrogens with zero attached hydrogens (tertiary/aromatic N) is 2. The number of amides is 1. The highest BCUT2D eigenvalue weighted by Crippen LogP contribution is 2.18. The Morgan fingerprint density at radius 3 is 3.07 bits per heavy atom. The maximum Gasteiger partial charge on any atom is 0.228 e. The minimum absolute atomic E-state index is 0.0235. The Bertz CT molecular complexity index is 325. The summed E-state index contributed by atoms with van der Waals surface area (Å²) in [6.45, 7) is 0.700. The van der Waals surface area contributed by atoms with E-state index in [0.717, 1.165) is 12.1 Å². The fourth-order valence-corrected chi connectivity index (χ4v) is 1.64. The second kappa shape index (κ2) is 3.75. The molecule has 1 amide bonds. The number of pyridine rings is 1. The SMILES string of the molecule is NC1CCN(c2cccnc2)C(=O)C1. The van der Waals surface area contributed by atoms with Gasteiger partial charge in [0.1, 0.15) is 0 Å². The molecule has 2 heterocycles. The second-order valence-electron chi connectivity index (χ2n) is 3.51. The first kappa shape index (κ1) is 9.15. The Morgan fingerprint density at radius 2 is 2.43 bits per heavy atom. The average Bonchev–Trinajstić information content (AvgIpc) is 2.19. The molecule has 4 nitrogen and oxygen atoms in total. The van der Waals surface area contributed by atoms with Crippen LogP contribution in [0.1, 0.15) is 12.8 Å². The van der Waals surface area contributed by atoms with Crippen molar-refractivity contribution in [3.63, 3.8) is 0 Å². The Balaban J connectivity index is 2.16. The van der Waals surface area contributed by atoms with Crippen molar-refractivity contribution < 1.29 is 4.79 Å². The summed E-state index contributed by atoms with van der Waals surface area (Å²) in [5, 5.41) is 0. The number of nitrogens with two attached hydrogens (primary N) is 1. The zero-order chi connectivity index (χ0) is 9.97. The molecule has 1 aliphatic heterocycles. The molecule has 0 spiro atoms. The lowest BCUT2D eigenvalue weighted by molar-refractivity contribution is -0.119. The number of piperidine rings is 1. The van der Waals surface area contributed by atoms with Crippen LogP contribution in [0.15, 0.2) is 24.5 Å². The molecule has 1 fully saturated rings. The fraction of sp³-hybridized carbons (Fsp3) is 0.400. The van der Waals surface area contributed by atoms with Gasteiger partial charge in [0.25, 0.3) is 0 Å². The van der Waals surface area contributed by atoms with E-state index >= 15 is 0 Å². The van der Waals surface area contributed by atoms with Crippen LogP contribution >= 0.6 is 0 Å². The summed E-state index contributed by atoms with van der Waals surface area (Å²) in [4.78, 5) is 17.4. The van der Waals surface area contributed by atoms with Crippen molar-refractivity contribution in [2.45, 2.75) is 18.9 Å². The first-order chi connectivity index (χ1) is 6.77. The molecule has 1 aromatic heterocycles. The molecule has 1 saturated heterocycles. The molecule has 0 aliphatic carbocycles. The maximum absolute atomic E-state index is 11.6. The standard InChI is InChI=1S/C10H13N3O/c11-8-3-5-13(10(14)6-8)9-2-1-4-12-7-9/h1-2,4,7-8H,3,5-6,11H2. The quantitative estimate of drug-likeness (QED) is 0.704. The van der Waals surface area contributed by atoms with Crippen LogP contribution in [0.5, 0.6) is 0 Å². The molecule has 1 aromatic rings. The van der Waals surface area contributed by atoms with E-state index < -0.39 is 0 Å². The number of aromatic nitrogens is 1. The van der Waals surface area contributed by atoms with Crippen molar-refractivity contribution in [2.75, 3.05) is 11.4 Å². The molecule has 1 atom stereocenters. The van der Waals surface area contributed by atoms with Crippen LogP contribution in [0.2, 0.25) is 0 Å². The smallest absolute Gasteiger partial charge is 0.228 e. The van der Waals surface area contributed by atoms with Crippen molar-refractivity contribution >= 4 is 11.6 Å². The lowest BCUT2D eigenvalue weighted by Crippen LogP contribution is -2.44. The highest BCUT2D eigenvalue weighted by molar-refractivity contribution is 5.94. The summed E-state index contributed by atoms with van der Waals surface area (Å²) in [5.74, 6) is 0.0942. The minimum Gasteiger partial charge on any atom is -0.327 e. The van der Waals surface area contributed by atoms with Gasteiger partial charge in [-0.1, -0.05) is 0 Å². The number of hydrogen-bond donors (Lipinski definition) is 1. The normalized spacial score (nSPS) is 22.5. The van der Waals surface area contributed by atoms with Gasteiger partial charge in [-0.05, 0) is 18.6 Å². The van der Waals surface area contributed by atoms with E-state index in [1.54, 1.807) is 17.3 Å². The van der Waals surface area contributed by atoms with Gasteiger partial charge in [-0.25, -0.2) is 0 Å². The lowest BCUT2D eigenvalue weighted by Gasteiger charge is -2.29. The molecule has 1 aliphatic rings. The van der Waals surface area contributed by atoms with Gasteiger partial charge in [0.2, 0.25) is 5.91 Å². The van der Waals surface area contributed by atoms with Crippen molar-refractivity contribution in [1.82, 2.24) is 4.98 Å². The van der Waals surface area contributed by atoms with Crippen LogP contribution < -0.4 is 10.6 Å². The summed E-state index contributed by atoms with van der Waals surface area (Å²) in [6, 6.07) is 3.74. The van der Waals surface area contributed by atoms with Gasteiger partial charge in [-0.3, -0.25) is 9.78 Å². The zero-order valence-corrected chi connectivity index (χ0v) is 7.89. The van der Waals surface area contributed by atoms with Gasteiger partial charge in [0, 0.05) is 25.2 Å². The van der Waals surface area contributed by atoms with E-state index in [4.69, 9.17) is 5.73 Å². The third-order valence-corrected chi connectivity index (χ3v) is 2.42. The number of carbonyl (C=O) groups is 1. The topological polar surface area (TPSA) is 59.2 Å². The summed E-state index contributed by atoms with van der Waals surface area (Å²) in [7, 11) is 0. The van der Waals surface area contributed by atoms with Crippen LogP contribution in [-0.2, 0) is 4.79 Å². The molecule has 2 rings (SSSR count). The summed E-state index contributed by atoms with van der Waals surface area (Å²) < 4.78 is 0. The van der Waals surface area contributed by atoms with Gasteiger partial charge in [-0.2, -0.15) is 0 Å². The first-order valence-corrected chi connectivity index (χ1v) is 4.73. The Labute approximate surface area is 82.7 Å². The third kappa shape index (κ3) is 1.75. The Kier molecular flexibility index (Phi) is 2.45. The number of anilines is 1.